The normalized spacial score (nSPS) is 14.5. The van der Waals surface area contributed by atoms with Crippen LogP contribution in [0.5, 0.6) is 11.6 Å². The molecule has 1 aliphatic rings. The van der Waals surface area contributed by atoms with E-state index < -0.39 is 11.9 Å². The molecule has 23 heavy (non-hydrogen) atoms. The van der Waals surface area contributed by atoms with Crippen LogP contribution in [-0.2, 0) is 6.18 Å². The number of pyridine rings is 1. The number of nitrogens with zero attached hydrogens (tertiary/aromatic N) is 4. The Morgan fingerprint density at radius 2 is 1.87 bits per heavy atom. The molecule has 0 unspecified atom stereocenters. The zero-order valence-corrected chi connectivity index (χ0v) is 11.8. The molecule has 0 N–H and O–H groups in total. The second kappa shape index (κ2) is 6.15. The molecule has 0 spiro atoms. The number of dihydropyridines is 1. The molecule has 118 valence electrons. The third-order valence-electron chi connectivity index (χ3n) is 3.09. The van der Waals surface area contributed by atoms with E-state index in [-0.39, 0.29) is 11.6 Å². The number of hydrogen-bond donors (Lipinski definition) is 0. The van der Waals surface area contributed by atoms with Crippen LogP contribution in [0, 0.1) is 0 Å². The molecule has 0 aliphatic carbocycles. The van der Waals surface area contributed by atoms with E-state index in [4.69, 9.17) is 4.74 Å². The first-order valence-corrected chi connectivity index (χ1v) is 6.74. The van der Waals surface area contributed by atoms with Crippen molar-refractivity contribution in [1.82, 2.24) is 15.0 Å². The second-order valence-corrected chi connectivity index (χ2v) is 4.67. The maximum atomic E-state index is 12.5. The fourth-order valence-corrected chi connectivity index (χ4v) is 2.02. The standard InChI is InChI=1S/C15H11F3N4O/c16-15(17,18)12-2-1-11(9-22-12)23-14-13(20-7-8-21-14)10-3-5-19-6-4-10/h1-3,6-9H,4-5H2. The molecule has 2 aromatic rings. The van der Waals surface area contributed by atoms with Crippen molar-refractivity contribution in [3.05, 3.63) is 48.2 Å². The first kappa shape index (κ1) is 15.1. The summed E-state index contributed by atoms with van der Waals surface area (Å²) in [5.41, 5.74) is 0.469. The Kier molecular flexibility index (Phi) is 4.05. The zero-order chi connectivity index (χ0) is 16.3. The van der Waals surface area contributed by atoms with Crippen molar-refractivity contribution < 1.29 is 17.9 Å². The molecule has 0 bridgehead atoms. The lowest BCUT2D eigenvalue weighted by Crippen LogP contribution is -2.07. The largest absolute Gasteiger partial charge is 0.435 e. The molecular formula is C15H11F3N4O. The summed E-state index contributed by atoms with van der Waals surface area (Å²) in [6.07, 6.45) is 3.78. The first-order valence-electron chi connectivity index (χ1n) is 6.74. The minimum Gasteiger partial charge on any atom is -0.435 e. The van der Waals surface area contributed by atoms with Gasteiger partial charge in [0.15, 0.2) is 0 Å². The molecule has 3 heterocycles. The van der Waals surface area contributed by atoms with Crippen LogP contribution in [-0.4, -0.2) is 27.7 Å². The Bertz CT molecular complexity index is 754. The summed E-state index contributed by atoms with van der Waals surface area (Å²) in [7, 11) is 0. The zero-order valence-electron chi connectivity index (χ0n) is 11.8. The average Bonchev–Trinajstić information content (AvgIpc) is 2.56. The monoisotopic (exact) mass is 320 g/mol. The molecule has 0 fully saturated rings. The van der Waals surface area contributed by atoms with E-state index in [1.54, 1.807) is 6.21 Å². The van der Waals surface area contributed by atoms with Crippen LogP contribution in [0.25, 0.3) is 5.57 Å². The molecule has 5 nitrogen and oxygen atoms in total. The lowest BCUT2D eigenvalue weighted by molar-refractivity contribution is -0.141. The number of allylic oxidation sites excluding steroid dienone is 1. The van der Waals surface area contributed by atoms with E-state index in [2.05, 4.69) is 19.9 Å². The Labute approximate surface area is 129 Å². The van der Waals surface area contributed by atoms with Gasteiger partial charge in [-0.25, -0.2) is 15.0 Å². The summed E-state index contributed by atoms with van der Waals surface area (Å²) in [5, 5.41) is 0. The Hall–Kier alpha value is -2.77. The van der Waals surface area contributed by atoms with Gasteiger partial charge in [0.25, 0.3) is 0 Å². The number of aromatic nitrogens is 3. The van der Waals surface area contributed by atoms with Gasteiger partial charge in [-0.05, 0) is 17.7 Å². The van der Waals surface area contributed by atoms with Crippen LogP contribution >= 0.6 is 0 Å². The van der Waals surface area contributed by atoms with Gasteiger partial charge in [0, 0.05) is 25.0 Å². The van der Waals surface area contributed by atoms with E-state index in [1.165, 1.54) is 18.5 Å². The summed E-state index contributed by atoms with van der Waals surface area (Å²) in [6, 6.07) is 2.06. The number of hydrogen-bond acceptors (Lipinski definition) is 5. The van der Waals surface area contributed by atoms with E-state index in [0.717, 1.165) is 17.8 Å². The molecule has 0 atom stereocenters. The van der Waals surface area contributed by atoms with Gasteiger partial charge in [-0.15, -0.1) is 0 Å². The minimum atomic E-state index is -4.48. The lowest BCUT2D eigenvalue weighted by Gasteiger charge is -2.12. The number of halogens is 3. The molecule has 0 amide bonds. The van der Waals surface area contributed by atoms with Crippen molar-refractivity contribution in [2.24, 2.45) is 4.99 Å². The molecule has 0 saturated carbocycles. The van der Waals surface area contributed by atoms with Gasteiger partial charge in [0.1, 0.15) is 17.1 Å². The quantitative estimate of drug-likeness (QED) is 0.868. The topological polar surface area (TPSA) is 60.3 Å². The van der Waals surface area contributed by atoms with Crippen LogP contribution in [0.4, 0.5) is 13.2 Å². The predicted octanol–water partition coefficient (Wildman–Crippen LogP) is 3.54. The summed E-state index contributed by atoms with van der Waals surface area (Å²) >= 11 is 0. The maximum Gasteiger partial charge on any atom is 0.433 e. The van der Waals surface area contributed by atoms with Crippen molar-refractivity contribution in [2.75, 3.05) is 6.54 Å². The molecule has 3 rings (SSSR count). The van der Waals surface area contributed by atoms with E-state index in [0.29, 0.717) is 18.7 Å². The van der Waals surface area contributed by atoms with Gasteiger partial charge in [-0.3, -0.25) is 4.99 Å². The van der Waals surface area contributed by atoms with Crippen LogP contribution in [0.3, 0.4) is 0 Å². The molecule has 2 aromatic heterocycles. The van der Waals surface area contributed by atoms with Gasteiger partial charge in [0.2, 0.25) is 5.88 Å². The van der Waals surface area contributed by atoms with Gasteiger partial charge in [-0.2, -0.15) is 13.2 Å². The van der Waals surface area contributed by atoms with E-state index >= 15 is 0 Å². The van der Waals surface area contributed by atoms with Crippen molar-refractivity contribution in [3.63, 3.8) is 0 Å². The van der Waals surface area contributed by atoms with E-state index in [1.807, 2.05) is 6.08 Å². The summed E-state index contributed by atoms with van der Waals surface area (Å²) in [4.78, 5) is 15.8. The molecule has 8 heteroatoms. The number of ether oxygens (including phenoxy) is 1. The van der Waals surface area contributed by atoms with E-state index in [9.17, 15) is 13.2 Å². The summed E-state index contributed by atoms with van der Waals surface area (Å²) < 4.78 is 43.1. The SMILES string of the molecule is FC(F)(F)c1ccc(Oc2nccnc2C2=CCN=CC2)cn1. The molecule has 0 aromatic carbocycles. The van der Waals surface area contributed by atoms with Gasteiger partial charge >= 0.3 is 6.18 Å². The molecule has 0 radical (unpaired) electrons. The van der Waals surface area contributed by atoms with Crippen LogP contribution in [0.2, 0.25) is 0 Å². The summed E-state index contributed by atoms with van der Waals surface area (Å²) in [5.74, 6) is 0.375. The molecular weight excluding hydrogens is 309 g/mol. The third kappa shape index (κ3) is 3.53. The predicted molar refractivity (Wildman–Crippen MR) is 77.3 cm³/mol. The number of alkyl halides is 3. The highest BCUT2D eigenvalue weighted by atomic mass is 19.4. The highest BCUT2D eigenvalue weighted by molar-refractivity contribution is 5.81. The fraction of sp³-hybridized carbons (Fsp3) is 0.200. The first-order chi connectivity index (χ1) is 11.0. The second-order valence-electron chi connectivity index (χ2n) is 4.67. The van der Waals surface area contributed by atoms with Gasteiger partial charge in [0.05, 0.1) is 12.7 Å². The lowest BCUT2D eigenvalue weighted by atomic mass is 10.1. The van der Waals surface area contributed by atoms with Gasteiger partial charge in [-0.1, -0.05) is 6.08 Å². The number of aliphatic imine (C=N–C) groups is 1. The highest BCUT2D eigenvalue weighted by Crippen LogP contribution is 2.31. The van der Waals surface area contributed by atoms with Crippen molar-refractivity contribution in [1.29, 1.82) is 0 Å². The third-order valence-corrected chi connectivity index (χ3v) is 3.09. The Morgan fingerprint density at radius 3 is 2.52 bits per heavy atom. The van der Waals surface area contributed by atoms with Crippen LogP contribution < -0.4 is 4.74 Å². The highest BCUT2D eigenvalue weighted by Gasteiger charge is 2.32. The molecule has 1 aliphatic heterocycles. The van der Waals surface area contributed by atoms with Crippen molar-refractivity contribution in [2.45, 2.75) is 12.6 Å². The Balaban J connectivity index is 1.85. The number of rotatable bonds is 3. The van der Waals surface area contributed by atoms with Gasteiger partial charge < -0.3 is 4.74 Å². The van der Waals surface area contributed by atoms with Crippen LogP contribution in [0.1, 0.15) is 17.8 Å². The minimum absolute atomic E-state index is 0.157. The average molecular weight is 320 g/mol. The smallest absolute Gasteiger partial charge is 0.433 e. The Morgan fingerprint density at radius 1 is 1.04 bits per heavy atom. The fourth-order valence-electron chi connectivity index (χ4n) is 2.02. The van der Waals surface area contributed by atoms with Crippen molar-refractivity contribution >= 4 is 11.8 Å². The summed E-state index contributed by atoms with van der Waals surface area (Å²) in [6.45, 7) is 0.549. The van der Waals surface area contributed by atoms with Crippen LogP contribution in [0.15, 0.2) is 41.8 Å². The van der Waals surface area contributed by atoms with Crippen molar-refractivity contribution in [3.8, 4) is 11.6 Å². The maximum absolute atomic E-state index is 12.5. The molecule has 0 saturated heterocycles.